The lowest BCUT2D eigenvalue weighted by atomic mass is 9.99. The molecule has 0 saturated carbocycles. The molecule has 2 heterocycles. The van der Waals surface area contributed by atoms with Gasteiger partial charge in [0.15, 0.2) is 5.76 Å². The molecule has 1 aromatic heterocycles. The van der Waals surface area contributed by atoms with Crippen LogP contribution < -0.4 is 0 Å². The van der Waals surface area contributed by atoms with Gasteiger partial charge in [-0.15, -0.1) is 0 Å². The zero-order valence-corrected chi connectivity index (χ0v) is 9.95. The third kappa shape index (κ3) is 2.32. The highest BCUT2D eigenvalue weighted by Crippen LogP contribution is 2.34. The topological polar surface area (TPSA) is 74.7 Å². The van der Waals surface area contributed by atoms with E-state index in [0.29, 0.717) is 5.76 Å². The Morgan fingerprint density at radius 1 is 1.18 bits per heavy atom. The van der Waals surface area contributed by atoms with Gasteiger partial charge in [0.2, 0.25) is 6.29 Å². The number of furan rings is 1. The van der Waals surface area contributed by atoms with Crippen LogP contribution in [-0.2, 0) is 9.47 Å². The molecule has 0 amide bonds. The molecule has 17 heavy (non-hydrogen) atoms. The number of nitro groups is 1. The summed E-state index contributed by atoms with van der Waals surface area (Å²) in [6.45, 7) is 5.94. The molecule has 0 aliphatic carbocycles. The van der Waals surface area contributed by atoms with E-state index < -0.39 is 11.2 Å². The number of nitrogens with zero attached hydrogens (tertiary/aromatic N) is 1. The maximum absolute atomic E-state index is 10.5. The Morgan fingerprint density at radius 3 is 2.24 bits per heavy atom. The summed E-state index contributed by atoms with van der Waals surface area (Å²) < 4.78 is 16.3. The first kappa shape index (κ1) is 12.1. The van der Waals surface area contributed by atoms with E-state index in [0.717, 1.165) is 0 Å². The molecular weight excluding hydrogens is 226 g/mol. The molecule has 2 unspecified atom stereocenters. The van der Waals surface area contributed by atoms with Crippen LogP contribution in [-0.4, -0.2) is 17.1 Å². The summed E-state index contributed by atoms with van der Waals surface area (Å²) in [5.41, 5.74) is 0. The number of ether oxygens (including phenoxy) is 2. The molecule has 0 bridgehead atoms. The number of rotatable bonds is 2. The molecule has 1 aliphatic heterocycles. The molecule has 2 rings (SSSR count). The zero-order valence-electron chi connectivity index (χ0n) is 9.95. The summed E-state index contributed by atoms with van der Waals surface area (Å²) in [4.78, 5) is 9.93. The molecule has 0 spiro atoms. The Hall–Kier alpha value is -1.40. The SMILES string of the molecule is CC1OC(c2ccc([N+](=O)[O-])o2)OC(C)C1C. The maximum atomic E-state index is 10.5. The summed E-state index contributed by atoms with van der Waals surface area (Å²) in [6, 6.07) is 2.81. The van der Waals surface area contributed by atoms with Crippen LogP contribution in [0.3, 0.4) is 0 Å². The summed E-state index contributed by atoms with van der Waals surface area (Å²) in [5.74, 6) is 0.310. The van der Waals surface area contributed by atoms with Crippen molar-refractivity contribution in [3.63, 3.8) is 0 Å². The van der Waals surface area contributed by atoms with Crippen molar-refractivity contribution in [2.75, 3.05) is 0 Å². The van der Waals surface area contributed by atoms with Gasteiger partial charge in [0.25, 0.3) is 0 Å². The molecule has 0 radical (unpaired) electrons. The van der Waals surface area contributed by atoms with Gasteiger partial charge in [0, 0.05) is 5.92 Å². The van der Waals surface area contributed by atoms with Crippen molar-refractivity contribution in [3.8, 4) is 0 Å². The average molecular weight is 241 g/mol. The van der Waals surface area contributed by atoms with Crippen LogP contribution in [0.25, 0.3) is 0 Å². The van der Waals surface area contributed by atoms with Gasteiger partial charge >= 0.3 is 5.88 Å². The maximum Gasteiger partial charge on any atom is 0.433 e. The largest absolute Gasteiger partial charge is 0.433 e. The van der Waals surface area contributed by atoms with Crippen LogP contribution in [0.2, 0.25) is 0 Å². The van der Waals surface area contributed by atoms with Crippen molar-refractivity contribution in [2.24, 2.45) is 5.92 Å². The summed E-state index contributed by atoms with van der Waals surface area (Å²) in [6.07, 6.45) is -0.620. The van der Waals surface area contributed by atoms with Gasteiger partial charge in [0.05, 0.1) is 18.3 Å². The van der Waals surface area contributed by atoms with Gasteiger partial charge in [-0.3, -0.25) is 10.1 Å². The first-order valence-corrected chi connectivity index (χ1v) is 5.54. The third-order valence-electron chi connectivity index (χ3n) is 3.18. The molecule has 1 aromatic rings. The van der Waals surface area contributed by atoms with Gasteiger partial charge in [-0.2, -0.15) is 0 Å². The lowest BCUT2D eigenvalue weighted by Crippen LogP contribution is -2.38. The van der Waals surface area contributed by atoms with Crippen LogP contribution >= 0.6 is 0 Å². The highest BCUT2D eigenvalue weighted by molar-refractivity contribution is 5.18. The average Bonchev–Trinajstić information content (AvgIpc) is 2.74. The molecule has 1 aliphatic rings. The second-order valence-electron chi connectivity index (χ2n) is 4.31. The smallest absolute Gasteiger partial charge is 0.400 e. The first-order valence-electron chi connectivity index (χ1n) is 5.54. The van der Waals surface area contributed by atoms with E-state index in [1.54, 1.807) is 0 Å². The van der Waals surface area contributed by atoms with E-state index in [2.05, 4.69) is 0 Å². The van der Waals surface area contributed by atoms with Crippen molar-refractivity contribution in [3.05, 3.63) is 28.0 Å². The molecule has 0 aromatic carbocycles. The van der Waals surface area contributed by atoms with E-state index in [1.165, 1.54) is 12.1 Å². The van der Waals surface area contributed by atoms with Gasteiger partial charge in [0.1, 0.15) is 4.92 Å². The fraction of sp³-hybridized carbons (Fsp3) is 0.636. The Labute approximate surface area is 98.7 Å². The van der Waals surface area contributed by atoms with Crippen molar-refractivity contribution in [1.82, 2.24) is 0 Å². The van der Waals surface area contributed by atoms with Gasteiger partial charge < -0.3 is 13.9 Å². The van der Waals surface area contributed by atoms with Crippen molar-refractivity contribution in [1.29, 1.82) is 0 Å². The van der Waals surface area contributed by atoms with Crippen molar-refractivity contribution in [2.45, 2.75) is 39.3 Å². The van der Waals surface area contributed by atoms with E-state index >= 15 is 0 Å². The Morgan fingerprint density at radius 2 is 1.76 bits per heavy atom. The second-order valence-corrected chi connectivity index (χ2v) is 4.31. The van der Waals surface area contributed by atoms with Gasteiger partial charge in [-0.05, 0) is 19.9 Å². The third-order valence-corrected chi connectivity index (χ3v) is 3.18. The first-order chi connectivity index (χ1) is 7.99. The van der Waals surface area contributed by atoms with E-state index in [-0.39, 0.29) is 24.0 Å². The predicted octanol–water partition coefficient (Wildman–Crippen LogP) is 2.65. The van der Waals surface area contributed by atoms with E-state index in [1.807, 2.05) is 20.8 Å². The van der Waals surface area contributed by atoms with Gasteiger partial charge in [-0.25, -0.2) is 0 Å². The Bertz CT molecular complexity index is 404. The summed E-state index contributed by atoms with van der Waals surface area (Å²) in [7, 11) is 0. The quantitative estimate of drug-likeness (QED) is 0.587. The molecular formula is C11H15NO5. The van der Waals surface area contributed by atoms with Crippen LogP contribution in [0.4, 0.5) is 5.88 Å². The minimum Gasteiger partial charge on any atom is -0.400 e. The fourth-order valence-electron chi connectivity index (χ4n) is 1.75. The highest BCUT2D eigenvalue weighted by atomic mass is 16.7. The normalized spacial score (nSPS) is 33.6. The Balaban J connectivity index is 2.14. The highest BCUT2D eigenvalue weighted by Gasteiger charge is 2.34. The predicted molar refractivity (Wildman–Crippen MR) is 58.4 cm³/mol. The Kier molecular flexibility index (Phi) is 3.17. The lowest BCUT2D eigenvalue weighted by molar-refractivity contribution is -0.403. The number of hydrogen-bond donors (Lipinski definition) is 0. The summed E-state index contributed by atoms with van der Waals surface area (Å²) >= 11 is 0. The van der Waals surface area contributed by atoms with Crippen LogP contribution in [0, 0.1) is 16.0 Å². The van der Waals surface area contributed by atoms with Crippen molar-refractivity contribution >= 4 is 5.88 Å². The van der Waals surface area contributed by atoms with E-state index in [9.17, 15) is 10.1 Å². The molecule has 0 N–H and O–H groups in total. The monoisotopic (exact) mass is 241 g/mol. The standard InChI is InChI=1S/C11H15NO5/c1-6-7(2)15-11(16-8(6)3)9-4-5-10(17-9)12(13)14/h4-8,11H,1-3H3. The van der Waals surface area contributed by atoms with Crippen LogP contribution in [0.1, 0.15) is 32.8 Å². The van der Waals surface area contributed by atoms with Crippen LogP contribution in [0.15, 0.2) is 16.5 Å². The molecule has 1 saturated heterocycles. The molecule has 94 valence electrons. The molecule has 6 nitrogen and oxygen atoms in total. The molecule has 1 fully saturated rings. The fourth-order valence-corrected chi connectivity index (χ4v) is 1.75. The lowest BCUT2D eigenvalue weighted by Gasteiger charge is -2.36. The van der Waals surface area contributed by atoms with E-state index in [4.69, 9.17) is 13.9 Å². The van der Waals surface area contributed by atoms with Crippen LogP contribution in [0.5, 0.6) is 0 Å². The summed E-state index contributed by atoms with van der Waals surface area (Å²) in [5, 5.41) is 10.5. The zero-order chi connectivity index (χ0) is 12.6. The minimum absolute atomic E-state index is 0.0212. The number of hydrogen-bond acceptors (Lipinski definition) is 5. The van der Waals surface area contributed by atoms with Gasteiger partial charge in [-0.1, -0.05) is 6.92 Å². The van der Waals surface area contributed by atoms with Crippen molar-refractivity contribution < 1.29 is 18.8 Å². The molecule has 2 atom stereocenters. The minimum atomic E-state index is -0.662. The second kappa shape index (κ2) is 4.46. The molecule has 6 heteroatoms.